The first kappa shape index (κ1) is 7.02. The van der Waals surface area contributed by atoms with Gasteiger partial charge in [0.05, 0.1) is 9.73 Å². The summed E-state index contributed by atoms with van der Waals surface area (Å²) in [7, 11) is -1.94. The monoisotopic (exact) mass is 148 g/mol. The Hall–Kier alpha value is -0.0900. The SMILES string of the molecule is CC1CCS(=O)(=NN)C1. The van der Waals surface area contributed by atoms with Crippen molar-refractivity contribution in [3.05, 3.63) is 0 Å². The van der Waals surface area contributed by atoms with Crippen LogP contribution in [-0.4, -0.2) is 15.7 Å². The molecule has 2 atom stereocenters. The molecule has 0 amide bonds. The highest BCUT2D eigenvalue weighted by Gasteiger charge is 2.22. The molecule has 1 fully saturated rings. The average Bonchev–Trinajstić information content (AvgIpc) is 2.13. The van der Waals surface area contributed by atoms with Crippen molar-refractivity contribution in [2.75, 3.05) is 11.5 Å². The van der Waals surface area contributed by atoms with Crippen molar-refractivity contribution in [1.82, 2.24) is 0 Å². The fourth-order valence-electron chi connectivity index (χ4n) is 1.09. The number of rotatable bonds is 0. The van der Waals surface area contributed by atoms with Crippen LogP contribution in [0.15, 0.2) is 4.47 Å². The van der Waals surface area contributed by atoms with Gasteiger partial charge in [0.2, 0.25) is 0 Å². The van der Waals surface area contributed by atoms with Crippen LogP contribution in [0.2, 0.25) is 0 Å². The molecule has 1 aliphatic heterocycles. The molecular formula is C5H12N2OS. The van der Waals surface area contributed by atoms with E-state index in [1.54, 1.807) is 0 Å². The lowest BCUT2D eigenvalue weighted by Gasteiger charge is -1.95. The second-order valence-corrected chi connectivity index (χ2v) is 5.14. The van der Waals surface area contributed by atoms with Crippen LogP contribution >= 0.6 is 0 Å². The maximum absolute atomic E-state index is 11.3. The van der Waals surface area contributed by atoms with Gasteiger partial charge in [0.15, 0.2) is 0 Å². The quantitative estimate of drug-likeness (QED) is 0.398. The Morgan fingerprint density at radius 3 is 2.67 bits per heavy atom. The molecule has 2 N–H and O–H groups in total. The van der Waals surface area contributed by atoms with Crippen molar-refractivity contribution in [2.45, 2.75) is 13.3 Å². The summed E-state index contributed by atoms with van der Waals surface area (Å²) in [6.07, 6.45) is 1.01. The predicted molar refractivity (Wildman–Crippen MR) is 38.3 cm³/mol. The molecule has 1 aliphatic rings. The van der Waals surface area contributed by atoms with Gasteiger partial charge in [-0.1, -0.05) is 6.92 Å². The van der Waals surface area contributed by atoms with Crippen molar-refractivity contribution in [1.29, 1.82) is 0 Å². The molecule has 0 aliphatic carbocycles. The minimum atomic E-state index is -1.94. The number of hydrogen-bond acceptors (Lipinski definition) is 2. The highest BCUT2D eigenvalue weighted by atomic mass is 32.2. The molecule has 0 spiro atoms. The molecule has 1 heterocycles. The molecule has 4 heteroatoms. The molecule has 1 saturated heterocycles. The minimum Gasteiger partial charge on any atom is -0.248 e. The van der Waals surface area contributed by atoms with Crippen LogP contribution in [0.25, 0.3) is 0 Å². The third-order valence-corrected chi connectivity index (χ3v) is 4.01. The van der Waals surface area contributed by atoms with Gasteiger partial charge < -0.3 is 0 Å². The Kier molecular flexibility index (Phi) is 1.77. The van der Waals surface area contributed by atoms with Gasteiger partial charge in [-0.2, -0.15) is 4.47 Å². The van der Waals surface area contributed by atoms with E-state index in [2.05, 4.69) is 11.4 Å². The van der Waals surface area contributed by atoms with E-state index in [0.717, 1.165) is 6.42 Å². The van der Waals surface area contributed by atoms with Crippen LogP contribution in [0.5, 0.6) is 0 Å². The summed E-state index contributed by atoms with van der Waals surface area (Å²) in [6.45, 7) is 2.08. The first-order valence-corrected chi connectivity index (χ1v) is 4.93. The summed E-state index contributed by atoms with van der Waals surface area (Å²) < 4.78 is 14.7. The fraction of sp³-hybridized carbons (Fsp3) is 1.00. The zero-order valence-corrected chi connectivity index (χ0v) is 6.36. The van der Waals surface area contributed by atoms with Gasteiger partial charge in [-0.25, -0.2) is 10.1 Å². The van der Waals surface area contributed by atoms with Gasteiger partial charge in [-0.05, 0) is 12.3 Å². The van der Waals surface area contributed by atoms with E-state index in [0.29, 0.717) is 17.4 Å². The van der Waals surface area contributed by atoms with Gasteiger partial charge >= 0.3 is 0 Å². The van der Waals surface area contributed by atoms with Crippen LogP contribution in [-0.2, 0) is 9.73 Å². The van der Waals surface area contributed by atoms with Gasteiger partial charge in [0, 0.05) is 11.5 Å². The number of nitrogens with zero attached hydrogens (tertiary/aromatic N) is 1. The maximum atomic E-state index is 11.3. The highest BCUT2D eigenvalue weighted by Crippen LogP contribution is 2.18. The van der Waals surface area contributed by atoms with Crippen molar-refractivity contribution in [3.8, 4) is 0 Å². The third kappa shape index (κ3) is 1.43. The van der Waals surface area contributed by atoms with E-state index in [9.17, 15) is 4.21 Å². The second-order valence-electron chi connectivity index (χ2n) is 2.64. The highest BCUT2D eigenvalue weighted by molar-refractivity contribution is 7.93. The van der Waals surface area contributed by atoms with E-state index < -0.39 is 9.73 Å². The molecule has 0 saturated carbocycles. The molecule has 0 aromatic heterocycles. The van der Waals surface area contributed by atoms with Crippen LogP contribution in [0.3, 0.4) is 0 Å². The first-order chi connectivity index (χ1) is 4.16. The zero-order valence-electron chi connectivity index (χ0n) is 5.54. The lowest BCUT2D eigenvalue weighted by Crippen LogP contribution is -2.05. The summed E-state index contributed by atoms with van der Waals surface area (Å²) in [5.41, 5.74) is 0. The minimum absolute atomic E-state index is 0.546. The van der Waals surface area contributed by atoms with E-state index in [1.807, 2.05) is 0 Å². The largest absolute Gasteiger partial charge is 0.248 e. The van der Waals surface area contributed by atoms with E-state index in [4.69, 9.17) is 5.84 Å². The van der Waals surface area contributed by atoms with Crippen molar-refractivity contribution >= 4 is 9.73 Å². The summed E-state index contributed by atoms with van der Waals surface area (Å²) in [5.74, 6) is 6.92. The van der Waals surface area contributed by atoms with Gasteiger partial charge in [-0.3, -0.25) is 0 Å². The summed E-state index contributed by atoms with van der Waals surface area (Å²) in [6, 6.07) is 0. The Bertz CT molecular complexity index is 205. The molecule has 0 radical (unpaired) electrons. The Balaban J connectivity index is 2.79. The Morgan fingerprint density at radius 2 is 2.44 bits per heavy atom. The van der Waals surface area contributed by atoms with Crippen LogP contribution < -0.4 is 5.84 Å². The van der Waals surface area contributed by atoms with Crippen molar-refractivity contribution in [2.24, 2.45) is 16.2 Å². The molecule has 0 aromatic rings. The number of nitrogens with two attached hydrogens (primary N) is 1. The summed E-state index contributed by atoms with van der Waals surface area (Å²) in [5, 5.41) is 0. The summed E-state index contributed by atoms with van der Waals surface area (Å²) >= 11 is 0. The van der Waals surface area contributed by atoms with Crippen LogP contribution in [0.1, 0.15) is 13.3 Å². The van der Waals surface area contributed by atoms with Gasteiger partial charge in [0.1, 0.15) is 0 Å². The molecule has 0 aromatic carbocycles. The van der Waals surface area contributed by atoms with Crippen molar-refractivity contribution in [3.63, 3.8) is 0 Å². The van der Waals surface area contributed by atoms with Gasteiger partial charge in [0.25, 0.3) is 0 Å². The van der Waals surface area contributed by atoms with Crippen LogP contribution in [0, 0.1) is 5.92 Å². The molecule has 2 unspecified atom stereocenters. The van der Waals surface area contributed by atoms with Crippen LogP contribution in [0.4, 0.5) is 0 Å². The molecular weight excluding hydrogens is 136 g/mol. The lowest BCUT2D eigenvalue weighted by atomic mass is 10.2. The van der Waals surface area contributed by atoms with E-state index in [-0.39, 0.29) is 0 Å². The van der Waals surface area contributed by atoms with Crippen molar-refractivity contribution < 1.29 is 4.21 Å². The molecule has 9 heavy (non-hydrogen) atoms. The zero-order chi connectivity index (χ0) is 6.91. The Labute approximate surface area is 55.8 Å². The van der Waals surface area contributed by atoms with Gasteiger partial charge in [-0.15, -0.1) is 0 Å². The average molecular weight is 148 g/mol. The smallest absolute Gasteiger partial charge is 0.0637 e. The molecule has 3 nitrogen and oxygen atoms in total. The Morgan fingerprint density at radius 1 is 1.78 bits per heavy atom. The molecule has 54 valence electrons. The second kappa shape index (κ2) is 2.27. The fourth-order valence-corrected chi connectivity index (χ4v) is 3.28. The molecule has 0 bridgehead atoms. The topological polar surface area (TPSA) is 55.5 Å². The maximum Gasteiger partial charge on any atom is 0.0637 e. The van der Waals surface area contributed by atoms with E-state index in [1.165, 1.54) is 0 Å². The first-order valence-electron chi connectivity index (χ1n) is 3.08. The van der Waals surface area contributed by atoms with E-state index >= 15 is 0 Å². The summed E-state index contributed by atoms with van der Waals surface area (Å²) in [4.78, 5) is 0. The standard InChI is InChI=1S/C5H12N2OS/c1-5-2-3-9(8,4-5)7-6/h5H,2-4,6H2,1H3. The lowest BCUT2D eigenvalue weighted by molar-refractivity contribution is 0.662. The normalized spacial score (nSPS) is 43.1. The number of hydrogen-bond donors (Lipinski definition) is 1. The predicted octanol–water partition coefficient (Wildman–Crippen LogP) is 0.368. The third-order valence-electron chi connectivity index (χ3n) is 1.67. The molecule has 1 rings (SSSR count).